The van der Waals surface area contributed by atoms with Crippen LogP contribution >= 0.6 is 11.6 Å². The average Bonchev–Trinajstić information content (AvgIpc) is 2.73. The van der Waals surface area contributed by atoms with Crippen LogP contribution in [0.25, 0.3) is 0 Å². The Hall–Kier alpha value is -1.66. The van der Waals surface area contributed by atoms with Crippen LogP contribution in [-0.2, 0) is 11.3 Å². The second-order valence-electron chi connectivity index (χ2n) is 4.08. The first-order valence-corrected chi connectivity index (χ1v) is 5.87. The lowest BCUT2D eigenvalue weighted by Gasteiger charge is -2.11. The largest absolute Gasteiger partial charge is 0.354 e. The van der Waals surface area contributed by atoms with Crippen molar-refractivity contribution in [3.63, 3.8) is 0 Å². The summed E-state index contributed by atoms with van der Waals surface area (Å²) >= 11 is 5.96. The minimum Gasteiger partial charge on any atom is -0.354 e. The quantitative estimate of drug-likeness (QED) is 0.636. The number of benzene rings is 1. The molecule has 1 aliphatic rings. The summed E-state index contributed by atoms with van der Waals surface area (Å²) in [6.45, 7) is 0.812. The van der Waals surface area contributed by atoms with Crippen LogP contribution in [0.3, 0.4) is 0 Å². The molecule has 1 aromatic rings. The molecule has 96 valence electrons. The van der Waals surface area contributed by atoms with E-state index < -0.39 is 4.92 Å². The van der Waals surface area contributed by atoms with Gasteiger partial charge < -0.3 is 10.6 Å². The molecule has 1 atom stereocenters. The van der Waals surface area contributed by atoms with Crippen LogP contribution < -0.4 is 10.6 Å². The maximum atomic E-state index is 11.0. The molecule has 1 amide bonds. The van der Waals surface area contributed by atoms with E-state index in [1.807, 2.05) is 0 Å². The van der Waals surface area contributed by atoms with Gasteiger partial charge in [0.05, 0.1) is 15.5 Å². The molecule has 0 saturated carbocycles. The van der Waals surface area contributed by atoms with Gasteiger partial charge in [0.15, 0.2) is 0 Å². The van der Waals surface area contributed by atoms with Crippen molar-refractivity contribution in [2.45, 2.75) is 19.0 Å². The minimum atomic E-state index is -0.457. The molecular formula is C11H12ClN3O3. The van der Waals surface area contributed by atoms with Gasteiger partial charge in [0.2, 0.25) is 5.91 Å². The summed E-state index contributed by atoms with van der Waals surface area (Å²) in [5, 5.41) is 17.0. The number of halogens is 1. The van der Waals surface area contributed by atoms with Gasteiger partial charge in [-0.2, -0.15) is 0 Å². The first kappa shape index (κ1) is 12.8. The summed E-state index contributed by atoms with van der Waals surface area (Å²) in [5.41, 5.74) is 0.441. The molecule has 7 heteroatoms. The van der Waals surface area contributed by atoms with Crippen LogP contribution in [-0.4, -0.2) is 23.4 Å². The minimum absolute atomic E-state index is 0.00613. The van der Waals surface area contributed by atoms with E-state index in [0.717, 1.165) is 0 Å². The molecule has 1 aliphatic heterocycles. The van der Waals surface area contributed by atoms with Gasteiger partial charge >= 0.3 is 0 Å². The SMILES string of the molecule is O=C1CC(NCc2c(Cl)cccc2[N+](=O)[O-])CN1. The molecule has 2 rings (SSSR count). The Morgan fingerprint density at radius 3 is 2.94 bits per heavy atom. The van der Waals surface area contributed by atoms with Crippen molar-refractivity contribution in [2.75, 3.05) is 6.54 Å². The Morgan fingerprint density at radius 1 is 1.56 bits per heavy atom. The van der Waals surface area contributed by atoms with Gasteiger partial charge in [-0.15, -0.1) is 0 Å². The number of rotatable bonds is 4. The zero-order valence-electron chi connectivity index (χ0n) is 9.48. The Balaban J connectivity index is 2.08. The average molecular weight is 270 g/mol. The van der Waals surface area contributed by atoms with E-state index in [-0.39, 0.29) is 24.2 Å². The molecule has 1 saturated heterocycles. The molecule has 1 aromatic carbocycles. The van der Waals surface area contributed by atoms with Crippen molar-refractivity contribution in [1.29, 1.82) is 0 Å². The fourth-order valence-corrected chi connectivity index (χ4v) is 2.13. The summed E-state index contributed by atoms with van der Waals surface area (Å²) in [6.07, 6.45) is 0.387. The highest BCUT2D eigenvalue weighted by Crippen LogP contribution is 2.26. The Labute approximate surface area is 108 Å². The smallest absolute Gasteiger partial charge is 0.275 e. The van der Waals surface area contributed by atoms with Gasteiger partial charge in [0, 0.05) is 31.6 Å². The lowest BCUT2D eigenvalue weighted by atomic mass is 10.1. The van der Waals surface area contributed by atoms with E-state index in [2.05, 4.69) is 10.6 Å². The second kappa shape index (κ2) is 5.32. The van der Waals surface area contributed by atoms with Crippen LogP contribution in [0.1, 0.15) is 12.0 Å². The number of nitrogens with zero attached hydrogens (tertiary/aromatic N) is 1. The highest BCUT2D eigenvalue weighted by Gasteiger charge is 2.23. The number of amides is 1. The second-order valence-corrected chi connectivity index (χ2v) is 4.49. The third-order valence-corrected chi connectivity index (χ3v) is 3.19. The summed E-state index contributed by atoms with van der Waals surface area (Å²) in [7, 11) is 0. The highest BCUT2D eigenvalue weighted by atomic mass is 35.5. The zero-order chi connectivity index (χ0) is 13.1. The number of carbonyl (C=O) groups excluding carboxylic acids is 1. The predicted octanol–water partition coefficient (Wildman–Crippen LogP) is 1.23. The van der Waals surface area contributed by atoms with Gasteiger partial charge in [0.25, 0.3) is 5.69 Å². The fourth-order valence-electron chi connectivity index (χ4n) is 1.89. The van der Waals surface area contributed by atoms with Gasteiger partial charge in [0.1, 0.15) is 0 Å². The van der Waals surface area contributed by atoms with E-state index in [4.69, 9.17) is 11.6 Å². The summed E-state index contributed by atoms with van der Waals surface area (Å²) in [4.78, 5) is 21.4. The Bertz CT molecular complexity index is 492. The fraction of sp³-hybridized carbons (Fsp3) is 0.364. The molecule has 0 radical (unpaired) electrons. The standard InChI is InChI=1S/C11H12ClN3O3/c12-9-2-1-3-10(15(17)18)8(9)6-13-7-4-11(16)14-5-7/h1-3,7,13H,4-6H2,(H,14,16). The normalized spacial score (nSPS) is 18.7. The van der Waals surface area contributed by atoms with Crippen LogP contribution in [0, 0.1) is 10.1 Å². The predicted molar refractivity (Wildman–Crippen MR) is 66.4 cm³/mol. The number of nitro benzene ring substituents is 1. The van der Waals surface area contributed by atoms with E-state index in [1.165, 1.54) is 6.07 Å². The third kappa shape index (κ3) is 2.77. The molecule has 0 bridgehead atoms. The number of carbonyl (C=O) groups is 1. The van der Waals surface area contributed by atoms with Crippen LogP contribution in [0.5, 0.6) is 0 Å². The monoisotopic (exact) mass is 269 g/mol. The Morgan fingerprint density at radius 2 is 2.33 bits per heavy atom. The first-order valence-electron chi connectivity index (χ1n) is 5.50. The number of hydrogen-bond acceptors (Lipinski definition) is 4. The van der Waals surface area contributed by atoms with Gasteiger partial charge in [-0.3, -0.25) is 14.9 Å². The number of hydrogen-bond donors (Lipinski definition) is 2. The topological polar surface area (TPSA) is 84.3 Å². The van der Waals surface area contributed by atoms with E-state index in [1.54, 1.807) is 12.1 Å². The van der Waals surface area contributed by atoms with E-state index in [0.29, 0.717) is 23.6 Å². The molecule has 0 aromatic heterocycles. The molecule has 18 heavy (non-hydrogen) atoms. The van der Waals surface area contributed by atoms with E-state index >= 15 is 0 Å². The van der Waals surface area contributed by atoms with E-state index in [9.17, 15) is 14.9 Å². The molecule has 6 nitrogen and oxygen atoms in total. The number of nitro groups is 1. The highest BCUT2D eigenvalue weighted by molar-refractivity contribution is 6.31. The molecule has 0 spiro atoms. The maximum absolute atomic E-state index is 11.0. The number of nitrogens with one attached hydrogen (secondary N) is 2. The third-order valence-electron chi connectivity index (χ3n) is 2.84. The van der Waals surface area contributed by atoms with Crippen LogP contribution in [0.4, 0.5) is 5.69 Å². The lowest BCUT2D eigenvalue weighted by Crippen LogP contribution is -2.30. The van der Waals surface area contributed by atoms with Crippen molar-refractivity contribution in [1.82, 2.24) is 10.6 Å². The molecule has 2 N–H and O–H groups in total. The van der Waals surface area contributed by atoms with Crippen molar-refractivity contribution >= 4 is 23.2 Å². The molecule has 1 heterocycles. The van der Waals surface area contributed by atoms with Gasteiger partial charge in [-0.25, -0.2) is 0 Å². The van der Waals surface area contributed by atoms with Crippen molar-refractivity contribution in [3.05, 3.63) is 38.9 Å². The maximum Gasteiger partial charge on any atom is 0.275 e. The lowest BCUT2D eigenvalue weighted by molar-refractivity contribution is -0.385. The molecular weight excluding hydrogens is 258 g/mol. The van der Waals surface area contributed by atoms with Crippen LogP contribution in [0.2, 0.25) is 5.02 Å². The zero-order valence-corrected chi connectivity index (χ0v) is 10.2. The molecule has 1 unspecified atom stereocenters. The summed E-state index contributed by atoms with van der Waals surface area (Å²) in [6, 6.07) is 4.57. The summed E-state index contributed by atoms with van der Waals surface area (Å²) < 4.78 is 0. The first-order chi connectivity index (χ1) is 8.58. The van der Waals surface area contributed by atoms with Crippen molar-refractivity contribution in [3.8, 4) is 0 Å². The molecule has 0 aliphatic carbocycles. The van der Waals surface area contributed by atoms with Crippen molar-refractivity contribution < 1.29 is 9.72 Å². The van der Waals surface area contributed by atoms with Gasteiger partial charge in [-0.1, -0.05) is 17.7 Å². The van der Waals surface area contributed by atoms with Crippen molar-refractivity contribution in [2.24, 2.45) is 0 Å². The Kier molecular flexibility index (Phi) is 3.78. The summed E-state index contributed by atoms with van der Waals surface area (Å²) in [5.74, 6) is -0.0128. The molecule has 1 fully saturated rings. The van der Waals surface area contributed by atoms with Crippen LogP contribution in [0.15, 0.2) is 18.2 Å². The van der Waals surface area contributed by atoms with Gasteiger partial charge in [-0.05, 0) is 6.07 Å².